The van der Waals surface area contributed by atoms with Crippen molar-refractivity contribution >= 4 is 28.2 Å². The minimum Gasteiger partial charge on any atom is -0.507 e. The Bertz CT molecular complexity index is 1260. The van der Waals surface area contributed by atoms with Crippen LogP contribution in [0.1, 0.15) is 22.7 Å². The monoisotopic (exact) mass is 444 g/mol. The number of Topliss-reactive ketones (excluding diaryl/α,β-unsaturated/α-hetero) is 1. The molecule has 1 N–H and O–H groups in total. The van der Waals surface area contributed by atoms with Gasteiger partial charge in [0, 0.05) is 18.7 Å². The number of ether oxygens (including phenoxy) is 1. The Kier molecular flexibility index (Phi) is 6.20. The molecule has 0 saturated carbocycles. The van der Waals surface area contributed by atoms with Crippen LogP contribution in [-0.4, -0.2) is 60.9 Å². The average molecular weight is 445 g/mol. The van der Waals surface area contributed by atoms with Crippen LogP contribution in [0.15, 0.2) is 66.2 Å². The molecular weight excluding hydrogens is 416 g/mol. The molecule has 0 spiro atoms. The molecule has 1 atom stereocenters. The highest BCUT2D eigenvalue weighted by Crippen LogP contribution is 2.42. The topological polar surface area (TPSA) is 70.1 Å². The van der Waals surface area contributed by atoms with Crippen LogP contribution in [0.2, 0.25) is 0 Å². The smallest absolute Gasteiger partial charge is 0.295 e. The molecule has 170 valence electrons. The molecule has 0 radical (unpaired) electrons. The van der Waals surface area contributed by atoms with E-state index in [9.17, 15) is 14.7 Å². The lowest BCUT2D eigenvalue weighted by Crippen LogP contribution is -2.35. The predicted octanol–water partition coefficient (Wildman–Crippen LogP) is 4.14. The molecule has 1 amide bonds. The lowest BCUT2D eigenvalue weighted by Gasteiger charge is -2.27. The molecule has 1 unspecified atom stereocenters. The Hall–Kier alpha value is -3.64. The SMILES string of the molecule is COc1ccc(/C(O)=C2\C(=O)C(=O)N(CCN(C)C)C2c2cccc3ccccc23)c(C)c1. The van der Waals surface area contributed by atoms with Crippen molar-refractivity contribution in [3.05, 3.63) is 82.9 Å². The molecule has 1 saturated heterocycles. The van der Waals surface area contributed by atoms with E-state index in [4.69, 9.17) is 4.74 Å². The Morgan fingerprint density at radius 2 is 1.79 bits per heavy atom. The number of carbonyl (C=O) groups is 2. The molecule has 6 nitrogen and oxygen atoms in total. The summed E-state index contributed by atoms with van der Waals surface area (Å²) in [6.45, 7) is 2.80. The van der Waals surface area contributed by atoms with Crippen molar-refractivity contribution < 1.29 is 19.4 Å². The van der Waals surface area contributed by atoms with Crippen LogP contribution in [0.3, 0.4) is 0 Å². The van der Waals surface area contributed by atoms with Gasteiger partial charge in [0.2, 0.25) is 0 Å². The number of likely N-dealkylation sites (N-methyl/N-ethyl adjacent to an activating group) is 1. The van der Waals surface area contributed by atoms with Gasteiger partial charge in [-0.25, -0.2) is 0 Å². The van der Waals surface area contributed by atoms with Crippen molar-refractivity contribution in [3.63, 3.8) is 0 Å². The van der Waals surface area contributed by atoms with E-state index >= 15 is 0 Å². The first-order valence-corrected chi connectivity index (χ1v) is 10.9. The fourth-order valence-corrected chi connectivity index (χ4v) is 4.40. The van der Waals surface area contributed by atoms with Crippen molar-refractivity contribution in [1.29, 1.82) is 0 Å². The lowest BCUT2D eigenvalue weighted by molar-refractivity contribution is -0.140. The number of rotatable bonds is 6. The van der Waals surface area contributed by atoms with E-state index < -0.39 is 17.7 Å². The number of hydrogen-bond acceptors (Lipinski definition) is 5. The Morgan fingerprint density at radius 1 is 1.06 bits per heavy atom. The van der Waals surface area contributed by atoms with Gasteiger partial charge in [-0.05, 0) is 61.1 Å². The van der Waals surface area contributed by atoms with Gasteiger partial charge in [-0.2, -0.15) is 0 Å². The zero-order valence-corrected chi connectivity index (χ0v) is 19.3. The largest absolute Gasteiger partial charge is 0.507 e. The molecule has 1 fully saturated rings. The van der Waals surface area contributed by atoms with Crippen molar-refractivity contribution in [3.8, 4) is 5.75 Å². The van der Waals surface area contributed by atoms with E-state index in [1.807, 2.05) is 68.4 Å². The van der Waals surface area contributed by atoms with Gasteiger partial charge in [0.15, 0.2) is 0 Å². The quantitative estimate of drug-likeness (QED) is 0.352. The van der Waals surface area contributed by atoms with Crippen LogP contribution in [0.5, 0.6) is 5.75 Å². The molecule has 3 aromatic rings. The molecule has 0 bridgehead atoms. The normalized spacial score (nSPS) is 17.8. The summed E-state index contributed by atoms with van der Waals surface area (Å²) < 4.78 is 5.27. The maximum atomic E-state index is 13.3. The number of benzene rings is 3. The van der Waals surface area contributed by atoms with Gasteiger partial charge >= 0.3 is 0 Å². The van der Waals surface area contributed by atoms with Crippen molar-refractivity contribution in [2.75, 3.05) is 34.3 Å². The first-order chi connectivity index (χ1) is 15.8. The zero-order chi connectivity index (χ0) is 23.7. The van der Waals surface area contributed by atoms with Gasteiger partial charge < -0.3 is 19.6 Å². The van der Waals surface area contributed by atoms with E-state index in [-0.39, 0.29) is 11.3 Å². The van der Waals surface area contributed by atoms with Crippen LogP contribution in [-0.2, 0) is 9.59 Å². The molecule has 4 rings (SSSR count). The Labute approximate surface area is 193 Å². The number of fused-ring (bicyclic) bond motifs is 1. The first kappa shape index (κ1) is 22.6. The van der Waals surface area contributed by atoms with Crippen molar-refractivity contribution in [2.45, 2.75) is 13.0 Å². The molecule has 6 heteroatoms. The Balaban J connectivity index is 1.95. The number of ketones is 1. The summed E-state index contributed by atoms with van der Waals surface area (Å²) in [4.78, 5) is 30.0. The summed E-state index contributed by atoms with van der Waals surface area (Å²) >= 11 is 0. The number of likely N-dealkylation sites (tertiary alicyclic amines) is 1. The summed E-state index contributed by atoms with van der Waals surface area (Å²) in [5.74, 6) is -0.776. The molecule has 33 heavy (non-hydrogen) atoms. The second-order valence-corrected chi connectivity index (χ2v) is 8.54. The van der Waals surface area contributed by atoms with Gasteiger partial charge in [-0.3, -0.25) is 9.59 Å². The van der Waals surface area contributed by atoms with Crippen LogP contribution < -0.4 is 4.74 Å². The minimum atomic E-state index is -0.683. The number of amides is 1. The predicted molar refractivity (Wildman–Crippen MR) is 129 cm³/mol. The van der Waals surface area contributed by atoms with E-state index in [0.29, 0.717) is 24.4 Å². The molecular formula is C27H28N2O4. The van der Waals surface area contributed by atoms with Crippen LogP contribution >= 0.6 is 0 Å². The van der Waals surface area contributed by atoms with Gasteiger partial charge in [-0.15, -0.1) is 0 Å². The van der Waals surface area contributed by atoms with Gasteiger partial charge in [0.05, 0.1) is 18.7 Å². The van der Waals surface area contributed by atoms with E-state index in [0.717, 1.165) is 21.9 Å². The number of methoxy groups -OCH3 is 1. The zero-order valence-electron chi connectivity index (χ0n) is 19.3. The summed E-state index contributed by atoms with van der Waals surface area (Å²) in [7, 11) is 5.42. The standard InChI is InChI=1S/C27H28N2O4/c1-17-16-19(33-4)12-13-20(17)25(30)23-24(29(15-14-28(2)3)27(32)26(23)31)22-11-7-9-18-8-5-6-10-21(18)22/h5-13,16,24,30H,14-15H2,1-4H3/b25-23+. The molecule has 0 aliphatic carbocycles. The van der Waals surface area contributed by atoms with Crippen LogP contribution in [0.25, 0.3) is 16.5 Å². The lowest BCUT2D eigenvalue weighted by atomic mass is 9.91. The summed E-state index contributed by atoms with van der Waals surface area (Å²) in [5.41, 5.74) is 2.19. The van der Waals surface area contributed by atoms with E-state index in [1.54, 1.807) is 30.2 Å². The van der Waals surface area contributed by atoms with Crippen molar-refractivity contribution in [1.82, 2.24) is 9.80 Å². The van der Waals surface area contributed by atoms with Crippen molar-refractivity contribution in [2.24, 2.45) is 0 Å². The number of aliphatic hydroxyl groups excluding tert-OH is 1. The number of aliphatic hydroxyl groups is 1. The third kappa shape index (κ3) is 4.10. The summed E-state index contributed by atoms with van der Waals surface area (Å²) in [6, 6.07) is 18.3. The Morgan fingerprint density at radius 3 is 2.48 bits per heavy atom. The second kappa shape index (κ2) is 9.08. The van der Waals surface area contributed by atoms with Crippen LogP contribution in [0, 0.1) is 6.92 Å². The fraction of sp³-hybridized carbons (Fsp3) is 0.259. The average Bonchev–Trinajstić information content (AvgIpc) is 3.06. The third-order valence-corrected chi connectivity index (χ3v) is 6.13. The highest BCUT2D eigenvalue weighted by atomic mass is 16.5. The number of aryl methyl sites for hydroxylation is 1. The number of carbonyl (C=O) groups excluding carboxylic acids is 2. The maximum Gasteiger partial charge on any atom is 0.295 e. The second-order valence-electron chi connectivity index (χ2n) is 8.54. The molecule has 1 aliphatic heterocycles. The maximum absolute atomic E-state index is 13.3. The van der Waals surface area contributed by atoms with E-state index in [1.165, 1.54) is 0 Å². The molecule has 1 heterocycles. The third-order valence-electron chi connectivity index (χ3n) is 6.13. The summed E-state index contributed by atoms with van der Waals surface area (Å²) in [6.07, 6.45) is 0. The molecule has 1 aliphatic rings. The first-order valence-electron chi connectivity index (χ1n) is 10.9. The van der Waals surface area contributed by atoms with Gasteiger partial charge in [-0.1, -0.05) is 42.5 Å². The number of nitrogens with zero attached hydrogens (tertiary/aromatic N) is 2. The summed E-state index contributed by atoms with van der Waals surface area (Å²) in [5, 5.41) is 13.3. The van der Waals surface area contributed by atoms with E-state index in [2.05, 4.69) is 0 Å². The van der Waals surface area contributed by atoms with Crippen LogP contribution in [0.4, 0.5) is 0 Å². The minimum absolute atomic E-state index is 0.114. The number of hydrogen-bond donors (Lipinski definition) is 1. The highest BCUT2D eigenvalue weighted by Gasteiger charge is 2.46. The van der Waals surface area contributed by atoms with Gasteiger partial charge in [0.25, 0.3) is 11.7 Å². The molecule has 3 aromatic carbocycles. The van der Waals surface area contributed by atoms with Gasteiger partial charge in [0.1, 0.15) is 11.5 Å². The highest BCUT2D eigenvalue weighted by molar-refractivity contribution is 6.46. The fourth-order valence-electron chi connectivity index (χ4n) is 4.40. The molecule has 0 aromatic heterocycles.